The minimum Gasteiger partial charge on any atom is -0.440 e. The van der Waals surface area contributed by atoms with E-state index in [1.807, 2.05) is 12.1 Å². The maximum absolute atomic E-state index is 5.70. The van der Waals surface area contributed by atoms with Crippen LogP contribution in [0.3, 0.4) is 0 Å². The number of thiophene rings is 1. The zero-order chi connectivity index (χ0) is 12.1. The van der Waals surface area contributed by atoms with Gasteiger partial charge in [-0.05, 0) is 41.0 Å². The molecule has 0 aliphatic rings. The van der Waals surface area contributed by atoms with Crippen molar-refractivity contribution < 1.29 is 4.42 Å². The monoisotopic (exact) mass is 314 g/mol. The van der Waals surface area contributed by atoms with Crippen molar-refractivity contribution >= 4 is 27.3 Å². The van der Waals surface area contributed by atoms with E-state index in [9.17, 15) is 0 Å². The van der Waals surface area contributed by atoms with E-state index in [0.717, 1.165) is 46.2 Å². The van der Waals surface area contributed by atoms with Crippen LogP contribution in [0.25, 0.3) is 10.6 Å². The Bertz CT molecular complexity index is 467. The molecule has 1 N–H and O–H groups in total. The van der Waals surface area contributed by atoms with Gasteiger partial charge in [-0.1, -0.05) is 6.92 Å². The fourth-order valence-electron chi connectivity index (χ4n) is 1.48. The second kappa shape index (κ2) is 6.33. The Morgan fingerprint density at radius 3 is 3.00 bits per heavy atom. The van der Waals surface area contributed by atoms with Crippen LogP contribution < -0.4 is 5.32 Å². The van der Waals surface area contributed by atoms with Crippen molar-refractivity contribution in [1.82, 2.24) is 10.3 Å². The lowest BCUT2D eigenvalue weighted by Crippen LogP contribution is -2.17. The van der Waals surface area contributed by atoms with Gasteiger partial charge < -0.3 is 9.73 Å². The van der Waals surface area contributed by atoms with Gasteiger partial charge in [0.05, 0.1) is 14.9 Å². The highest BCUT2D eigenvalue weighted by atomic mass is 79.9. The molecule has 0 fully saturated rings. The number of nitrogens with one attached hydrogen (secondary N) is 1. The summed E-state index contributed by atoms with van der Waals surface area (Å²) in [5.41, 5.74) is 0. The molecule has 0 atom stereocenters. The topological polar surface area (TPSA) is 38.1 Å². The predicted octanol–water partition coefficient (Wildman–Crippen LogP) is 3.71. The summed E-state index contributed by atoms with van der Waals surface area (Å²) in [6, 6.07) is 4.05. The molecule has 0 saturated heterocycles. The summed E-state index contributed by atoms with van der Waals surface area (Å²) in [6.07, 6.45) is 3.79. The van der Waals surface area contributed by atoms with Gasteiger partial charge in [-0.2, -0.15) is 0 Å². The Kier molecular flexibility index (Phi) is 4.76. The van der Waals surface area contributed by atoms with Gasteiger partial charge in [0.1, 0.15) is 0 Å². The molecule has 0 saturated carbocycles. The van der Waals surface area contributed by atoms with Gasteiger partial charge in [-0.15, -0.1) is 11.3 Å². The van der Waals surface area contributed by atoms with E-state index >= 15 is 0 Å². The normalized spacial score (nSPS) is 10.9. The first-order valence-electron chi connectivity index (χ1n) is 5.70. The number of aromatic nitrogens is 1. The van der Waals surface area contributed by atoms with Crippen molar-refractivity contribution in [2.24, 2.45) is 0 Å². The van der Waals surface area contributed by atoms with Crippen LogP contribution in [0.15, 0.2) is 26.5 Å². The number of rotatable bonds is 6. The van der Waals surface area contributed by atoms with Crippen LogP contribution in [0.4, 0.5) is 0 Å². The summed E-state index contributed by atoms with van der Waals surface area (Å²) in [5.74, 6) is 1.65. The van der Waals surface area contributed by atoms with E-state index in [1.54, 1.807) is 17.5 Å². The largest absolute Gasteiger partial charge is 0.440 e. The molecule has 2 rings (SSSR count). The molecule has 0 aliphatic carbocycles. The Balaban J connectivity index is 1.92. The highest BCUT2D eigenvalue weighted by Gasteiger charge is 2.08. The van der Waals surface area contributed by atoms with E-state index in [0.29, 0.717) is 0 Å². The van der Waals surface area contributed by atoms with Crippen molar-refractivity contribution in [3.63, 3.8) is 0 Å². The summed E-state index contributed by atoms with van der Waals surface area (Å²) < 4.78 is 6.81. The molecule has 2 heterocycles. The molecule has 0 aliphatic heterocycles. The second-order valence-corrected chi connectivity index (χ2v) is 6.19. The fraction of sp³-hybridized carbons (Fsp3) is 0.417. The molecule has 0 spiro atoms. The van der Waals surface area contributed by atoms with Gasteiger partial charge in [0.15, 0.2) is 11.7 Å². The molecular weight excluding hydrogens is 300 g/mol. The van der Waals surface area contributed by atoms with Crippen LogP contribution in [0.5, 0.6) is 0 Å². The van der Waals surface area contributed by atoms with Gasteiger partial charge >= 0.3 is 0 Å². The summed E-state index contributed by atoms with van der Waals surface area (Å²) in [6.45, 7) is 4.12. The molecule has 5 heteroatoms. The lowest BCUT2D eigenvalue weighted by atomic mass is 10.4. The third-order valence-corrected chi connectivity index (χ3v) is 3.95. The Morgan fingerprint density at radius 1 is 1.41 bits per heavy atom. The third kappa shape index (κ3) is 3.66. The molecule has 92 valence electrons. The number of oxazole rings is 1. The molecule has 0 radical (unpaired) electrons. The van der Waals surface area contributed by atoms with Crippen LogP contribution in [0.1, 0.15) is 19.2 Å². The first-order valence-corrected chi connectivity index (χ1v) is 7.31. The summed E-state index contributed by atoms with van der Waals surface area (Å²) in [4.78, 5) is 5.39. The first kappa shape index (κ1) is 12.8. The number of halogens is 1. The molecule has 2 aromatic heterocycles. The van der Waals surface area contributed by atoms with E-state index in [2.05, 4.69) is 33.2 Å². The van der Waals surface area contributed by atoms with E-state index < -0.39 is 0 Å². The quantitative estimate of drug-likeness (QED) is 0.826. The van der Waals surface area contributed by atoms with E-state index in [1.165, 1.54) is 0 Å². The average Bonchev–Trinajstić information content (AvgIpc) is 2.93. The molecule has 2 aromatic rings. The minimum absolute atomic E-state index is 0.799. The summed E-state index contributed by atoms with van der Waals surface area (Å²) >= 11 is 5.10. The number of hydrogen-bond donors (Lipinski definition) is 1. The first-order chi connectivity index (χ1) is 8.29. The fourth-order valence-corrected chi connectivity index (χ4v) is 2.82. The summed E-state index contributed by atoms with van der Waals surface area (Å²) in [5, 5.41) is 3.33. The Labute approximate surface area is 113 Å². The van der Waals surface area contributed by atoms with Crippen LogP contribution in [0.2, 0.25) is 0 Å². The van der Waals surface area contributed by atoms with Crippen LogP contribution in [-0.4, -0.2) is 18.1 Å². The second-order valence-electron chi connectivity index (χ2n) is 3.72. The van der Waals surface area contributed by atoms with E-state index in [4.69, 9.17) is 4.42 Å². The van der Waals surface area contributed by atoms with Crippen molar-refractivity contribution in [1.29, 1.82) is 0 Å². The van der Waals surface area contributed by atoms with E-state index in [-0.39, 0.29) is 0 Å². The predicted molar refractivity (Wildman–Crippen MR) is 74.4 cm³/mol. The van der Waals surface area contributed by atoms with Crippen LogP contribution in [-0.2, 0) is 6.42 Å². The molecule has 3 nitrogen and oxygen atoms in total. The lowest BCUT2D eigenvalue weighted by Gasteiger charge is -1.98. The lowest BCUT2D eigenvalue weighted by molar-refractivity contribution is 0.495. The zero-order valence-electron chi connectivity index (χ0n) is 9.70. The molecular formula is C12H15BrN2OS. The average molecular weight is 315 g/mol. The van der Waals surface area contributed by atoms with Crippen molar-refractivity contribution in [2.45, 2.75) is 19.8 Å². The molecule has 0 amide bonds. The highest BCUT2D eigenvalue weighted by Crippen LogP contribution is 2.31. The van der Waals surface area contributed by atoms with Gasteiger partial charge in [0.25, 0.3) is 0 Å². The standard InChI is InChI=1S/C12H15BrN2OS/c1-2-6-14-7-5-12-15-8-9(16-12)10-3-4-11(13)17-10/h3-4,8,14H,2,5-7H2,1H3. The maximum atomic E-state index is 5.70. The number of hydrogen-bond acceptors (Lipinski definition) is 4. The molecule has 0 aromatic carbocycles. The molecule has 0 unspecified atom stereocenters. The highest BCUT2D eigenvalue weighted by molar-refractivity contribution is 9.11. The minimum atomic E-state index is 0.799. The zero-order valence-corrected chi connectivity index (χ0v) is 12.1. The summed E-state index contributed by atoms with van der Waals surface area (Å²) in [7, 11) is 0. The van der Waals surface area contributed by atoms with Gasteiger partial charge in [-0.25, -0.2) is 4.98 Å². The molecule has 0 bridgehead atoms. The van der Waals surface area contributed by atoms with Crippen molar-refractivity contribution in [2.75, 3.05) is 13.1 Å². The van der Waals surface area contributed by atoms with Crippen molar-refractivity contribution in [3.05, 3.63) is 28.0 Å². The maximum Gasteiger partial charge on any atom is 0.196 e. The Morgan fingerprint density at radius 2 is 2.29 bits per heavy atom. The molecule has 17 heavy (non-hydrogen) atoms. The van der Waals surface area contributed by atoms with Gasteiger partial charge in [0.2, 0.25) is 0 Å². The van der Waals surface area contributed by atoms with Gasteiger partial charge in [0, 0.05) is 13.0 Å². The van der Waals surface area contributed by atoms with Crippen molar-refractivity contribution in [3.8, 4) is 10.6 Å². The smallest absolute Gasteiger partial charge is 0.196 e. The third-order valence-electron chi connectivity index (χ3n) is 2.31. The Hall–Kier alpha value is -0.650. The van der Waals surface area contributed by atoms with Crippen LogP contribution >= 0.6 is 27.3 Å². The van der Waals surface area contributed by atoms with Gasteiger partial charge in [-0.3, -0.25) is 0 Å². The number of nitrogens with zero attached hydrogens (tertiary/aromatic N) is 1. The van der Waals surface area contributed by atoms with Crippen LogP contribution in [0, 0.1) is 0 Å². The SMILES string of the molecule is CCCNCCc1ncc(-c2ccc(Br)s2)o1.